The van der Waals surface area contributed by atoms with Crippen LogP contribution in [0.25, 0.3) is 11.1 Å². The molecule has 0 aliphatic rings. The second-order valence-electron chi connectivity index (χ2n) is 6.67. The Kier molecular flexibility index (Phi) is 8.53. The van der Waals surface area contributed by atoms with Gasteiger partial charge in [0.05, 0.1) is 34.2 Å². The van der Waals surface area contributed by atoms with Gasteiger partial charge in [0.2, 0.25) is 0 Å². The molecule has 0 atom stereocenters. The normalized spacial score (nSPS) is 10.4. The summed E-state index contributed by atoms with van der Waals surface area (Å²) in [5.74, 6) is 0.372. The molecule has 7 heteroatoms. The molecule has 0 fully saturated rings. The minimum absolute atomic E-state index is 0. The number of urea groups is 1. The van der Waals surface area contributed by atoms with Gasteiger partial charge in [-0.2, -0.15) is 0 Å². The van der Waals surface area contributed by atoms with Gasteiger partial charge in [0.15, 0.2) is 0 Å². The molecule has 2 N–H and O–H groups in total. The smallest absolute Gasteiger partial charge is 0.420 e. The quantitative estimate of drug-likeness (QED) is 0.474. The molecule has 0 heterocycles. The standard InChI is InChI=1S/C19H23N3O3.HI/c1-22(2,3)14-13-20-18(23)21-19(24)25-17-11-9-16(10-12-17)15-7-5-4-6-8-15;/h4-12H,13-14H2,1-3H3,(H-,20,21,23,24);1H. The number of carbonyl (C=O) groups excluding carboxylic acids is 2. The number of likely N-dealkylation sites (N-methyl/N-ethyl adjacent to an activating group) is 1. The van der Waals surface area contributed by atoms with E-state index in [1.807, 2.05) is 63.6 Å². The number of hydrogen-bond donors (Lipinski definition) is 2. The number of quaternary nitrogens is 1. The predicted octanol–water partition coefficient (Wildman–Crippen LogP) is -0.138. The number of imide groups is 1. The second-order valence-corrected chi connectivity index (χ2v) is 6.67. The van der Waals surface area contributed by atoms with Crippen LogP contribution in [-0.2, 0) is 0 Å². The number of nitrogens with one attached hydrogen (secondary N) is 2. The van der Waals surface area contributed by atoms with Gasteiger partial charge in [0, 0.05) is 0 Å². The lowest BCUT2D eigenvalue weighted by atomic mass is 10.1. The fourth-order valence-electron chi connectivity index (χ4n) is 2.12. The third-order valence-corrected chi connectivity index (χ3v) is 3.46. The lowest BCUT2D eigenvalue weighted by Gasteiger charge is -2.23. The summed E-state index contributed by atoms with van der Waals surface area (Å²) in [5, 5.41) is 4.76. The first-order chi connectivity index (χ1) is 11.8. The SMILES string of the molecule is C[N+](C)(C)CCNC(=O)NC(=O)Oc1ccc(-c2ccccc2)cc1.[I-]. The Hall–Kier alpha value is -2.13. The number of amides is 3. The highest BCUT2D eigenvalue weighted by molar-refractivity contribution is 5.91. The zero-order chi connectivity index (χ0) is 18.3. The van der Waals surface area contributed by atoms with E-state index >= 15 is 0 Å². The first kappa shape index (κ1) is 21.9. The van der Waals surface area contributed by atoms with E-state index in [1.165, 1.54) is 0 Å². The average molecular weight is 469 g/mol. The van der Waals surface area contributed by atoms with Gasteiger partial charge in [-0.25, -0.2) is 14.9 Å². The van der Waals surface area contributed by atoms with Gasteiger partial charge >= 0.3 is 12.1 Å². The van der Waals surface area contributed by atoms with Crippen molar-refractivity contribution in [3.8, 4) is 16.9 Å². The van der Waals surface area contributed by atoms with Crippen LogP contribution < -0.4 is 39.3 Å². The number of hydrogen-bond acceptors (Lipinski definition) is 3. The lowest BCUT2D eigenvalue weighted by Crippen LogP contribution is -3.00. The van der Waals surface area contributed by atoms with Crippen LogP contribution in [0.15, 0.2) is 54.6 Å². The van der Waals surface area contributed by atoms with Crippen LogP contribution in [0.2, 0.25) is 0 Å². The Morgan fingerprint density at radius 2 is 1.50 bits per heavy atom. The molecule has 0 aliphatic heterocycles. The highest BCUT2D eigenvalue weighted by Gasteiger charge is 2.12. The molecule has 0 saturated heterocycles. The summed E-state index contributed by atoms with van der Waals surface area (Å²) in [4.78, 5) is 23.4. The first-order valence-corrected chi connectivity index (χ1v) is 8.06. The average Bonchev–Trinajstić information content (AvgIpc) is 2.55. The summed E-state index contributed by atoms with van der Waals surface area (Å²) < 4.78 is 5.83. The molecule has 0 bridgehead atoms. The van der Waals surface area contributed by atoms with Gasteiger partial charge in [-0.05, 0) is 23.3 Å². The topological polar surface area (TPSA) is 67.4 Å². The summed E-state index contributed by atoms with van der Waals surface area (Å²) in [6, 6.07) is 16.4. The van der Waals surface area contributed by atoms with Crippen LogP contribution in [0.5, 0.6) is 5.75 Å². The summed E-state index contributed by atoms with van der Waals surface area (Å²) in [7, 11) is 6.06. The van der Waals surface area contributed by atoms with Crippen LogP contribution in [0.3, 0.4) is 0 Å². The number of halogens is 1. The Bertz CT molecular complexity index is 713. The predicted molar refractivity (Wildman–Crippen MR) is 97.3 cm³/mol. The molecule has 0 saturated carbocycles. The van der Waals surface area contributed by atoms with E-state index in [2.05, 4.69) is 10.6 Å². The van der Waals surface area contributed by atoms with E-state index in [1.54, 1.807) is 12.1 Å². The van der Waals surface area contributed by atoms with Crippen molar-refractivity contribution in [2.24, 2.45) is 0 Å². The van der Waals surface area contributed by atoms with Crippen LogP contribution in [-0.4, -0.2) is 50.8 Å². The van der Waals surface area contributed by atoms with Gasteiger partial charge in [0.25, 0.3) is 0 Å². The van der Waals surface area contributed by atoms with Crippen molar-refractivity contribution in [3.05, 3.63) is 54.6 Å². The number of nitrogens with zero attached hydrogens (tertiary/aromatic N) is 1. The molecule has 0 radical (unpaired) electrons. The Morgan fingerprint density at radius 1 is 0.923 bits per heavy atom. The molecule has 0 unspecified atom stereocenters. The Morgan fingerprint density at radius 3 is 2.08 bits per heavy atom. The van der Waals surface area contributed by atoms with E-state index in [0.717, 1.165) is 22.2 Å². The summed E-state index contributed by atoms with van der Waals surface area (Å²) >= 11 is 0. The van der Waals surface area contributed by atoms with E-state index < -0.39 is 12.1 Å². The summed E-state index contributed by atoms with van der Waals surface area (Å²) in [6.07, 6.45) is -0.810. The highest BCUT2D eigenvalue weighted by atomic mass is 127. The molecule has 6 nitrogen and oxygen atoms in total. The van der Waals surface area contributed by atoms with Crippen molar-refractivity contribution in [1.29, 1.82) is 0 Å². The molecule has 140 valence electrons. The fraction of sp³-hybridized carbons (Fsp3) is 0.263. The number of rotatable bonds is 5. The van der Waals surface area contributed by atoms with Gasteiger partial charge in [-0.15, -0.1) is 0 Å². The minimum Gasteiger partial charge on any atom is -1.00 e. The number of carbonyl (C=O) groups is 2. The zero-order valence-corrected chi connectivity index (χ0v) is 17.3. The maximum atomic E-state index is 11.7. The van der Waals surface area contributed by atoms with Crippen molar-refractivity contribution in [3.63, 3.8) is 0 Å². The Labute approximate surface area is 171 Å². The minimum atomic E-state index is -0.810. The maximum absolute atomic E-state index is 11.7. The molecule has 0 aromatic heterocycles. The molecule has 2 aromatic rings. The number of ether oxygens (including phenoxy) is 1. The van der Waals surface area contributed by atoms with E-state index in [9.17, 15) is 9.59 Å². The van der Waals surface area contributed by atoms with Crippen molar-refractivity contribution in [1.82, 2.24) is 10.6 Å². The van der Waals surface area contributed by atoms with Gasteiger partial charge in [-0.3, -0.25) is 0 Å². The van der Waals surface area contributed by atoms with Crippen molar-refractivity contribution < 1.29 is 42.8 Å². The van der Waals surface area contributed by atoms with Crippen LogP contribution in [0.4, 0.5) is 9.59 Å². The monoisotopic (exact) mass is 469 g/mol. The second kappa shape index (κ2) is 10.1. The molecule has 0 spiro atoms. The summed E-state index contributed by atoms with van der Waals surface area (Å²) in [5.41, 5.74) is 2.10. The molecular weight excluding hydrogens is 445 g/mol. The summed E-state index contributed by atoms with van der Waals surface area (Å²) in [6.45, 7) is 1.22. The van der Waals surface area contributed by atoms with E-state index in [-0.39, 0.29) is 24.0 Å². The van der Waals surface area contributed by atoms with Crippen LogP contribution in [0, 0.1) is 0 Å². The van der Waals surface area contributed by atoms with Gasteiger partial charge < -0.3 is 38.5 Å². The first-order valence-electron chi connectivity index (χ1n) is 8.06. The maximum Gasteiger partial charge on any atom is 0.420 e. The molecule has 2 rings (SSSR count). The zero-order valence-electron chi connectivity index (χ0n) is 15.2. The number of benzene rings is 2. The third kappa shape index (κ3) is 7.83. The molecule has 26 heavy (non-hydrogen) atoms. The molecule has 0 aliphatic carbocycles. The van der Waals surface area contributed by atoms with Crippen molar-refractivity contribution in [2.45, 2.75) is 0 Å². The van der Waals surface area contributed by atoms with E-state index in [0.29, 0.717) is 12.3 Å². The van der Waals surface area contributed by atoms with Gasteiger partial charge in [0.1, 0.15) is 5.75 Å². The molecular formula is C19H24IN3O3. The lowest BCUT2D eigenvalue weighted by molar-refractivity contribution is -0.869. The van der Waals surface area contributed by atoms with Crippen LogP contribution in [0.1, 0.15) is 0 Å². The Balaban J connectivity index is 0.00000338. The molecule has 3 amide bonds. The van der Waals surface area contributed by atoms with Crippen molar-refractivity contribution in [2.75, 3.05) is 34.2 Å². The molecule has 2 aromatic carbocycles. The van der Waals surface area contributed by atoms with Crippen LogP contribution >= 0.6 is 0 Å². The van der Waals surface area contributed by atoms with E-state index in [4.69, 9.17) is 4.74 Å². The van der Waals surface area contributed by atoms with Gasteiger partial charge in [-0.1, -0.05) is 42.5 Å². The third-order valence-electron chi connectivity index (χ3n) is 3.46. The van der Waals surface area contributed by atoms with Crippen molar-refractivity contribution >= 4 is 12.1 Å². The largest absolute Gasteiger partial charge is 1.00 e. The highest BCUT2D eigenvalue weighted by Crippen LogP contribution is 2.21. The fourth-order valence-corrected chi connectivity index (χ4v) is 2.12.